The monoisotopic (exact) mass is 278 g/mol. The Morgan fingerprint density at radius 1 is 1.05 bits per heavy atom. The van der Waals surface area contributed by atoms with Crippen molar-refractivity contribution in [2.24, 2.45) is 0 Å². The molecule has 3 aromatic rings. The van der Waals surface area contributed by atoms with Crippen LogP contribution in [0.1, 0.15) is 16.7 Å². The van der Waals surface area contributed by atoms with Crippen LogP contribution in [0.4, 0.5) is 5.69 Å². The molecule has 1 aromatic heterocycles. The third kappa shape index (κ3) is 3.11. The second-order valence-corrected chi connectivity index (χ2v) is 5.39. The number of anilines is 1. The van der Waals surface area contributed by atoms with Gasteiger partial charge in [0.2, 0.25) is 0 Å². The van der Waals surface area contributed by atoms with Gasteiger partial charge in [0.15, 0.2) is 5.82 Å². The first-order valence-electron chi connectivity index (χ1n) is 6.93. The normalized spacial score (nSPS) is 10.8. The molecule has 0 amide bonds. The van der Waals surface area contributed by atoms with Crippen LogP contribution in [0.25, 0.3) is 11.4 Å². The average molecular weight is 278 g/mol. The molecule has 0 aliphatic heterocycles. The summed E-state index contributed by atoms with van der Waals surface area (Å²) in [6, 6.07) is 14.1. The predicted octanol–water partition coefficient (Wildman–Crippen LogP) is 3.19. The van der Waals surface area contributed by atoms with Gasteiger partial charge in [0.1, 0.15) is 6.33 Å². The van der Waals surface area contributed by atoms with Gasteiger partial charge in [-0.15, -0.1) is 0 Å². The summed E-state index contributed by atoms with van der Waals surface area (Å²) in [5, 5.41) is 4.53. The second-order valence-electron chi connectivity index (χ2n) is 5.39. The van der Waals surface area contributed by atoms with Crippen molar-refractivity contribution in [2.45, 2.75) is 20.4 Å². The van der Waals surface area contributed by atoms with Crippen molar-refractivity contribution in [2.75, 3.05) is 5.73 Å². The number of rotatable bonds is 3. The van der Waals surface area contributed by atoms with Gasteiger partial charge in [-0.25, -0.2) is 9.67 Å². The van der Waals surface area contributed by atoms with Crippen LogP contribution < -0.4 is 5.73 Å². The molecule has 0 fully saturated rings. The summed E-state index contributed by atoms with van der Waals surface area (Å²) in [5.41, 5.74) is 11.2. The number of hydrogen-bond donors (Lipinski definition) is 1. The Bertz CT molecular complexity index is 754. The molecule has 4 nitrogen and oxygen atoms in total. The minimum absolute atomic E-state index is 0.701. The van der Waals surface area contributed by atoms with E-state index >= 15 is 0 Å². The van der Waals surface area contributed by atoms with Gasteiger partial charge in [-0.1, -0.05) is 41.5 Å². The first-order valence-corrected chi connectivity index (χ1v) is 6.93. The van der Waals surface area contributed by atoms with Crippen molar-refractivity contribution in [3.63, 3.8) is 0 Å². The van der Waals surface area contributed by atoms with E-state index in [2.05, 4.69) is 42.1 Å². The SMILES string of the molecule is Cc1cc(C)cc(Cn2cnc(-c3cccc(N)c3)n2)c1. The van der Waals surface area contributed by atoms with Crippen LogP contribution in [0.5, 0.6) is 0 Å². The van der Waals surface area contributed by atoms with E-state index in [9.17, 15) is 0 Å². The number of benzene rings is 2. The summed E-state index contributed by atoms with van der Waals surface area (Å²) in [6.07, 6.45) is 1.76. The molecule has 0 aliphatic carbocycles. The minimum Gasteiger partial charge on any atom is -0.399 e. The van der Waals surface area contributed by atoms with Gasteiger partial charge in [0, 0.05) is 11.3 Å². The van der Waals surface area contributed by atoms with Gasteiger partial charge in [0.25, 0.3) is 0 Å². The quantitative estimate of drug-likeness (QED) is 0.748. The summed E-state index contributed by atoms with van der Waals surface area (Å²) in [4.78, 5) is 4.36. The summed E-state index contributed by atoms with van der Waals surface area (Å²) in [5.74, 6) is 0.701. The second kappa shape index (κ2) is 5.40. The molecule has 0 saturated heterocycles. The Morgan fingerprint density at radius 3 is 2.52 bits per heavy atom. The molecule has 0 saturated carbocycles. The van der Waals surface area contributed by atoms with Crippen LogP contribution in [0.15, 0.2) is 48.8 Å². The molecule has 106 valence electrons. The van der Waals surface area contributed by atoms with Crippen LogP contribution in [0.2, 0.25) is 0 Å². The molecule has 1 heterocycles. The third-order valence-corrected chi connectivity index (χ3v) is 3.31. The fourth-order valence-corrected chi connectivity index (χ4v) is 2.53. The zero-order chi connectivity index (χ0) is 14.8. The zero-order valence-corrected chi connectivity index (χ0v) is 12.2. The number of aromatic nitrogens is 3. The van der Waals surface area contributed by atoms with E-state index in [1.807, 2.05) is 28.9 Å². The maximum Gasteiger partial charge on any atom is 0.181 e. The van der Waals surface area contributed by atoms with Crippen molar-refractivity contribution < 1.29 is 0 Å². The van der Waals surface area contributed by atoms with Gasteiger partial charge in [-0.2, -0.15) is 5.10 Å². The Hall–Kier alpha value is -2.62. The number of nitrogens with zero attached hydrogens (tertiary/aromatic N) is 3. The minimum atomic E-state index is 0.701. The molecule has 4 heteroatoms. The Morgan fingerprint density at radius 2 is 1.81 bits per heavy atom. The van der Waals surface area contributed by atoms with Gasteiger partial charge in [-0.3, -0.25) is 0 Å². The van der Waals surface area contributed by atoms with Gasteiger partial charge in [-0.05, 0) is 31.5 Å². The van der Waals surface area contributed by atoms with E-state index in [0.717, 1.165) is 17.8 Å². The molecular formula is C17H18N4. The first kappa shape index (κ1) is 13.4. The Labute approximate surface area is 124 Å². The van der Waals surface area contributed by atoms with Crippen LogP contribution >= 0.6 is 0 Å². The van der Waals surface area contributed by atoms with E-state index in [0.29, 0.717) is 5.82 Å². The van der Waals surface area contributed by atoms with Crippen molar-refractivity contribution in [3.8, 4) is 11.4 Å². The highest BCUT2D eigenvalue weighted by atomic mass is 15.3. The molecule has 2 aromatic carbocycles. The van der Waals surface area contributed by atoms with Gasteiger partial charge < -0.3 is 5.73 Å². The molecule has 21 heavy (non-hydrogen) atoms. The molecule has 3 rings (SSSR count). The summed E-state index contributed by atoms with van der Waals surface area (Å²) < 4.78 is 1.85. The lowest BCUT2D eigenvalue weighted by Crippen LogP contribution is -2.01. The first-order chi connectivity index (χ1) is 10.1. The maximum atomic E-state index is 5.80. The molecule has 0 atom stereocenters. The fraction of sp³-hybridized carbons (Fsp3) is 0.176. The van der Waals surface area contributed by atoms with Crippen LogP contribution in [-0.4, -0.2) is 14.8 Å². The lowest BCUT2D eigenvalue weighted by molar-refractivity contribution is 0.686. The molecule has 0 aliphatic rings. The predicted molar refractivity (Wildman–Crippen MR) is 84.9 cm³/mol. The van der Waals surface area contributed by atoms with E-state index in [1.165, 1.54) is 16.7 Å². The highest BCUT2D eigenvalue weighted by Crippen LogP contribution is 2.17. The van der Waals surface area contributed by atoms with Crippen LogP contribution in [0, 0.1) is 13.8 Å². The highest BCUT2D eigenvalue weighted by molar-refractivity contribution is 5.60. The molecule has 0 radical (unpaired) electrons. The fourth-order valence-electron chi connectivity index (χ4n) is 2.53. The van der Waals surface area contributed by atoms with Gasteiger partial charge in [0.05, 0.1) is 6.54 Å². The summed E-state index contributed by atoms with van der Waals surface area (Å²) in [7, 11) is 0. The molecule has 0 spiro atoms. The van der Waals surface area contributed by atoms with Crippen LogP contribution in [-0.2, 0) is 6.54 Å². The Kier molecular flexibility index (Phi) is 3.44. The van der Waals surface area contributed by atoms with Crippen molar-refractivity contribution >= 4 is 5.69 Å². The Balaban J connectivity index is 1.85. The zero-order valence-electron chi connectivity index (χ0n) is 12.2. The lowest BCUT2D eigenvalue weighted by Gasteiger charge is -2.04. The number of hydrogen-bond acceptors (Lipinski definition) is 3. The van der Waals surface area contributed by atoms with Crippen molar-refractivity contribution in [1.82, 2.24) is 14.8 Å². The van der Waals surface area contributed by atoms with Crippen LogP contribution in [0.3, 0.4) is 0 Å². The highest BCUT2D eigenvalue weighted by Gasteiger charge is 2.05. The smallest absolute Gasteiger partial charge is 0.181 e. The topological polar surface area (TPSA) is 56.7 Å². The summed E-state index contributed by atoms with van der Waals surface area (Å²) >= 11 is 0. The summed E-state index contributed by atoms with van der Waals surface area (Å²) in [6.45, 7) is 4.93. The van der Waals surface area contributed by atoms with Crippen molar-refractivity contribution in [1.29, 1.82) is 0 Å². The molecule has 0 unspecified atom stereocenters. The number of nitrogens with two attached hydrogens (primary N) is 1. The molecule has 2 N–H and O–H groups in total. The lowest BCUT2D eigenvalue weighted by atomic mass is 10.1. The van der Waals surface area contributed by atoms with E-state index in [1.54, 1.807) is 6.33 Å². The van der Waals surface area contributed by atoms with Crippen molar-refractivity contribution in [3.05, 3.63) is 65.5 Å². The third-order valence-electron chi connectivity index (χ3n) is 3.31. The number of nitrogen functional groups attached to an aromatic ring is 1. The van der Waals surface area contributed by atoms with E-state index in [4.69, 9.17) is 5.73 Å². The largest absolute Gasteiger partial charge is 0.399 e. The average Bonchev–Trinajstić information content (AvgIpc) is 2.86. The standard InChI is InChI=1S/C17H18N4/c1-12-6-13(2)8-14(7-12)10-21-11-19-17(20-21)15-4-3-5-16(18)9-15/h3-9,11H,10,18H2,1-2H3. The molecular weight excluding hydrogens is 260 g/mol. The number of aryl methyl sites for hydroxylation is 2. The van der Waals surface area contributed by atoms with E-state index < -0.39 is 0 Å². The van der Waals surface area contributed by atoms with E-state index in [-0.39, 0.29) is 0 Å². The van der Waals surface area contributed by atoms with Gasteiger partial charge >= 0.3 is 0 Å². The maximum absolute atomic E-state index is 5.80. The molecule has 0 bridgehead atoms.